The molecule has 1 fully saturated rings. The Morgan fingerprint density at radius 3 is 2.67 bits per heavy atom. The summed E-state index contributed by atoms with van der Waals surface area (Å²) in [4.78, 5) is 12.0. The number of anilines is 1. The van der Waals surface area contributed by atoms with Crippen molar-refractivity contribution in [3.63, 3.8) is 0 Å². The number of carbonyl (C=O) groups excluding carboxylic acids is 1. The quantitative estimate of drug-likeness (QED) is 0.821. The molecule has 0 aromatic heterocycles. The van der Waals surface area contributed by atoms with Crippen LogP contribution in [0.25, 0.3) is 0 Å². The molecule has 2 N–H and O–H groups in total. The second-order valence-electron chi connectivity index (χ2n) is 5.28. The number of carbonyl (C=O) groups is 1. The van der Waals surface area contributed by atoms with Gasteiger partial charge in [-0.05, 0) is 37.3 Å². The van der Waals surface area contributed by atoms with Crippen LogP contribution >= 0.6 is 0 Å². The molecule has 0 unspecified atom stereocenters. The summed E-state index contributed by atoms with van der Waals surface area (Å²) in [6.45, 7) is 4.22. The van der Waals surface area contributed by atoms with E-state index in [1.54, 1.807) is 0 Å². The lowest BCUT2D eigenvalue weighted by Crippen LogP contribution is -2.43. The van der Waals surface area contributed by atoms with E-state index in [2.05, 4.69) is 17.6 Å². The van der Waals surface area contributed by atoms with E-state index in [-0.39, 0.29) is 6.03 Å². The Kier molecular flexibility index (Phi) is 4.24. The average Bonchev–Trinajstić information content (AvgIpc) is 2.35. The average molecular weight is 246 g/mol. The van der Waals surface area contributed by atoms with Gasteiger partial charge in [0.15, 0.2) is 0 Å². The summed E-state index contributed by atoms with van der Waals surface area (Å²) < 4.78 is 0. The molecular weight excluding hydrogens is 224 g/mol. The van der Waals surface area contributed by atoms with Crippen molar-refractivity contribution < 1.29 is 4.79 Å². The number of hydrogen-bond donors (Lipinski definition) is 2. The van der Waals surface area contributed by atoms with Crippen molar-refractivity contribution in [2.45, 2.75) is 45.6 Å². The van der Waals surface area contributed by atoms with E-state index in [0.29, 0.717) is 12.0 Å². The van der Waals surface area contributed by atoms with Gasteiger partial charge in [0.25, 0.3) is 0 Å². The fraction of sp³-hybridized carbons (Fsp3) is 0.533. The molecule has 0 aliphatic heterocycles. The van der Waals surface area contributed by atoms with Gasteiger partial charge in [-0.2, -0.15) is 0 Å². The van der Waals surface area contributed by atoms with Gasteiger partial charge >= 0.3 is 6.03 Å². The lowest BCUT2D eigenvalue weighted by molar-refractivity contribution is 0.232. The first-order valence-corrected chi connectivity index (χ1v) is 6.80. The largest absolute Gasteiger partial charge is 0.335 e. The zero-order valence-electron chi connectivity index (χ0n) is 11.2. The summed E-state index contributed by atoms with van der Waals surface area (Å²) >= 11 is 0. The van der Waals surface area contributed by atoms with Crippen LogP contribution in [0.2, 0.25) is 0 Å². The van der Waals surface area contributed by atoms with E-state index >= 15 is 0 Å². The third-order valence-electron chi connectivity index (χ3n) is 3.82. The molecule has 2 atom stereocenters. The molecule has 18 heavy (non-hydrogen) atoms. The highest BCUT2D eigenvalue weighted by atomic mass is 16.2. The zero-order valence-corrected chi connectivity index (χ0v) is 11.2. The van der Waals surface area contributed by atoms with Crippen LogP contribution in [0.3, 0.4) is 0 Å². The van der Waals surface area contributed by atoms with Gasteiger partial charge in [0, 0.05) is 11.7 Å². The molecule has 1 aliphatic carbocycles. The van der Waals surface area contributed by atoms with E-state index in [1.165, 1.54) is 19.3 Å². The molecule has 3 nitrogen and oxygen atoms in total. The molecule has 3 heteroatoms. The molecule has 0 spiro atoms. The van der Waals surface area contributed by atoms with Crippen LogP contribution in [0, 0.1) is 12.8 Å². The van der Waals surface area contributed by atoms with Crippen LogP contribution in [0.5, 0.6) is 0 Å². The summed E-state index contributed by atoms with van der Waals surface area (Å²) in [5.41, 5.74) is 1.97. The molecule has 2 rings (SSSR count). The summed E-state index contributed by atoms with van der Waals surface area (Å²) in [6.07, 6.45) is 4.83. The van der Waals surface area contributed by atoms with Gasteiger partial charge in [-0.15, -0.1) is 0 Å². The Labute approximate surface area is 109 Å². The topological polar surface area (TPSA) is 41.1 Å². The highest BCUT2D eigenvalue weighted by Gasteiger charge is 2.22. The molecule has 1 aromatic rings. The Bertz CT molecular complexity index is 417. The molecule has 0 heterocycles. The maximum atomic E-state index is 12.0. The van der Waals surface area contributed by atoms with Crippen LogP contribution in [0.4, 0.5) is 10.5 Å². The highest BCUT2D eigenvalue weighted by molar-refractivity contribution is 5.90. The lowest BCUT2D eigenvalue weighted by atomic mass is 9.86. The third-order valence-corrected chi connectivity index (χ3v) is 3.82. The van der Waals surface area contributed by atoms with E-state index < -0.39 is 0 Å². The van der Waals surface area contributed by atoms with Crippen LogP contribution in [-0.4, -0.2) is 12.1 Å². The normalized spacial score (nSPS) is 23.4. The zero-order chi connectivity index (χ0) is 13.0. The Morgan fingerprint density at radius 2 is 1.94 bits per heavy atom. The predicted octanol–water partition coefficient (Wildman–Crippen LogP) is 3.70. The van der Waals surface area contributed by atoms with Gasteiger partial charge in [0.05, 0.1) is 0 Å². The fourth-order valence-electron chi connectivity index (χ4n) is 2.57. The first-order chi connectivity index (χ1) is 8.66. The number of rotatable bonds is 2. The summed E-state index contributed by atoms with van der Waals surface area (Å²) in [5.74, 6) is 0.585. The molecule has 1 aliphatic rings. The van der Waals surface area contributed by atoms with Crippen molar-refractivity contribution in [3.8, 4) is 0 Å². The third kappa shape index (κ3) is 3.25. The Balaban J connectivity index is 1.90. The Morgan fingerprint density at radius 1 is 1.22 bits per heavy atom. The van der Waals surface area contributed by atoms with Gasteiger partial charge in [-0.1, -0.05) is 38.0 Å². The number of aryl methyl sites for hydroxylation is 1. The van der Waals surface area contributed by atoms with Crippen LogP contribution in [0.15, 0.2) is 24.3 Å². The van der Waals surface area contributed by atoms with Crippen molar-refractivity contribution in [1.29, 1.82) is 0 Å². The van der Waals surface area contributed by atoms with E-state index in [1.807, 2.05) is 31.2 Å². The van der Waals surface area contributed by atoms with Crippen LogP contribution < -0.4 is 10.6 Å². The molecule has 0 saturated heterocycles. The minimum Gasteiger partial charge on any atom is -0.335 e. The molecule has 0 radical (unpaired) electrons. The van der Waals surface area contributed by atoms with Gasteiger partial charge in [0.1, 0.15) is 0 Å². The minimum atomic E-state index is -0.0805. The fourth-order valence-corrected chi connectivity index (χ4v) is 2.57. The number of benzene rings is 1. The highest BCUT2D eigenvalue weighted by Crippen LogP contribution is 2.23. The van der Waals surface area contributed by atoms with Crippen molar-refractivity contribution in [2.75, 3.05) is 5.32 Å². The van der Waals surface area contributed by atoms with Gasteiger partial charge in [0.2, 0.25) is 0 Å². The smallest absolute Gasteiger partial charge is 0.319 e. The second kappa shape index (κ2) is 5.89. The Hall–Kier alpha value is -1.51. The predicted molar refractivity (Wildman–Crippen MR) is 74.8 cm³/mol. The maximum Gasteiger partial charge on any atom is 0.319 e. The molecule has 2 amide bonds. The van der Waals surface area contributed by atoms with Crippen molar-refractivity contribution in [2.24, 2.45) is 5.92 Å². The summed E-state index contributed by atoms with van der Waals surface area (Å²) in [7, 11) is 0. The number of para-hydroxylation sites is 1. The van der Waals surface area contributed by atoms with Gasteiger partial charge in [-0.3, -0.25) is 0 Å². The van der Waals surface area contributed by atoms with Crippen LogP contribution in [-0.2, 0) is 0 Å². The van der Waals surface area contributed by atoms with Crippen molar-refractivity contribution >= 4 is 11.7 Å². The van der Waals surface area contributed by atoms with E-state index in [9.17, 15) is 4.79 Å². The van der Waals surface area contributed by atoms with Crippen LogP contribution in [0.1, 0.15) is 38.2 Å². The first kappa shape index (κ1) is 12.9. The molecule has 98 valence electrons. The molecular formula is C15H22N2O. The summed E-state index contributed by atoms with van der Waals surface area (Å²) in [6, 6.07) is 8.08. The lowest BCUT2D eigenvalue weighted by Gasteiger charge is -2.29. The standard InChI is InChI=1S/C15H22N2O/c1-11-7-3-5-9-13(11)16-15(18)17-14-10-6-4-8-12(14)2/h3,5,7,9,12,14H,4,6,8,10H2,1-2H3,(H2,16,17,18)/t12-,14-/m0/s1. The number of hydrogen-bond acceptors (Lipinski definition) is 1. The number of nitrogens with one attached hydrogen (secondary N) is 2. The first-order valence-electron chi connectivity index (χ1n) is 6.80. The SMILES string of the molecule is Cc1ccccc1NC(=O)N[C@H]1CCCC[C@@H]1C. The molecule has 1 aromatic carbocycles. The minimum absolute atomic E-state index is 0.0805. The van der Waals surface area contributed by atoms with Crippen molar-refractivity contribution in [3.05, 3.63) is 29.8 Å². The van der Waals surface area contributed by atoms with Crippen molar-refractivity contribution in [1.82, 2.24) is 5.32 Å². The number of urea groups is 1. The summed E-state index contributed by atoms with van der Waals surface area (Å²) in [5, 5.41) is 6.02. The molecule has 0 bridgehead atoms. The molecule has 1 saturated carbocycles. The monoisotopic (exact) mass is 246 g/mol. The van der Waals surface area contributed by atoms with Gasteiger partial charge in [-0.25, -0.2) is 4.79 Å². The second-order valence-corrected chi connectivity index (χ2v) is 5.28. The van der Waals surface area contributed by atoms with E-state index in [0.717, 1.165) is 17.7 Å². The maximum absolute atomic E-state index is 12.0. The number of amides is 2. The van der Waals surface area contributed by atoms with Gasteiger partial charge < -0.3 is 10.6 Å². The van der Waals surface area contributed by atoms with E-state index in [4.69, 9.17) is 0 Å².